The summed E-state index contributed by atoms with van der Waals surface area (Å²) < 4.78 is 6.64. The zero-order valence-electron chi connectivity index (χ0n) is 14.7. The molecule has 24 heavy (non-hydrogen) atoms. The zero-order chi connectivity index (χ0) is 17.6. The second-order valence-electron chi connectivity index (χ2n) is 6.82. The van der Waals surface area contributed by atoms with Gasteiger partial charge >= 0.3 is 0 Å². The predicted molar refractivity (Wildman–Crippen MR) is 104 cm³/mol. The molecule has 0 saturated carbocycles. The van der Waals surface area contributed by atoms with Gasteiger partial charge in [-0.2, -0.15) is 0 Å². The number of aliphatic imine (C=N–C) groups is 1. The molecule has 0 heterocycles. The average Bonchev–Trinajstić information content (AvgIpc) is 2.55. The molecule has 2 aromatic carbocycles. The van der Waals surface area contributed by atoms with Crippen LogP contribution in [-0.4, -0.2) is 27.4 Å². The van der Waals surface area contributed by atoms with Crippen LogP contribution in [0, 0.1) is 0 Å². The Bertz CT molecular complexity index is 623. The number of benzene rings is 2. The van der Waals surface area contributed by atoms with Crippen LogP contribution in [0.1, 0.15) is 20.8 Å². The molecular formula is C19H27N3OSi. The quantitative estimate of drug-likeness (QED) is 0.364. The molecule has 0 atom stereocenters. The Hall–Kier alpha value is -2.11. The first-order chi connectivity index (χ1) is 11.4. The maximum atomic E-state index is 6.64. The van der Waals surface area contributed by atoms with Gasteiger partial charge in [-0.15, -0.1) is 0 Å². The minimum atomic E-state index is -2.47. The van der Waals surface area contributed by atoms with Gasteiger partial charge in [-0.3, -0.25) is 4.99 Å². The lowest BCUT2D eigenvalue weighted by Gasteiger charge is -2.43. The lowest BCUT2D eigenvalue weighted by atomic mass is 10.2. The maximum absolute atomic E-state index is 6.64. The molecule has 0 aromatic heterocycles. The van der Waals surface area contributed by atoms with E-state index in [-0.39, 0.29) is 11.0 Å². The lowest BCUT2D eigenvalue weighted by molar-refractivity contribution is 0.308. The van der Waals surface area contributed by atoms with Crippen molar-refractivity contribution >= 4 is 24.7 Å². The van der Waals surface area contributed by atoms with Crippen molar-refractivity contribution in [1.29, 1.82) is 0 Å². The fraction of sp³-hybridized carbons (Fsp3) is 0.316. The predicted octanol–water partition coefficient (Wildman–Crippen LogP) is 1.84. The van der Waals surface area contributed by atoms with Crippen molar-refractivity contribution in [3.05, 3.63) is 60.7 Å². The Morgan fingerprint density at radius 1 is 0.917 bits per heavy atom. The van der Waals surface area contributed by atoms with Crippen molar-refractivity contribution in [3.63, 3.8) is 0 Å². The first-order valence-corrected chi connectivity index (χ1v) is 10.1. The van der Waals surface area contributed by atoms with Crippen LogP contribution < -0.4 is 21.8 Å². The molecule has 0 unspecified atom stereocenters. The standard InChI is InChI=1S/C19H27N3OSi/c1-19(2,3)24(16-10-6-4-7-11-16,17-12-8-5-9-13-17)23-15-14-22-18(20)21/h4-13H,14-15H2,1-3H3,(H4,20,21,22). The summed E-state index contributed by atoms with van der Waals surface area (Å²) in [6.07, 6.45) is 0. The average molecular weight is 342 g/mol. The number of guanidine groups is 1. The molecule has 4 N–H and O–H groups in total. The molecular weight excluding hydrogens is 314 g/mol. The van der Waals surface area contributed by atoms with Gasteiger partial charge < -0.3 is 15.9 Å². The molecule has 0 bridgehead atoms. The minimum Gasteiger partial charge on any atom is -0.406 e. The fourth-order valence-electron chi connectivity index (χ4n) is 3.14. The highest BCUT2D eigenvalue weighted by atomic mass is 28.4. The molecule has 0 aliphatic carbocycles. The SMILES string of the molecule is CC(C)(C)[Si](OCCN=C(N)N)(c1ccccc1)c1ccccc1. The van der Waals surface area contributed by atoms with E-state index in [9.17, 15) is 0 Å². The third-order valence-corrected chi connectivity index (χ3v) is 9.16. The molecule has 0 spiro atoms. The first-order valence-electron chi connectivity index (χ1n) is 8.18. The highest BCUT2D eigenvalue weighted by molar-refractivity contribution is 6.99. The molecule has 0 amide bonds. The molecule has 0 fully saturated rings. The molecule has 0 aliphatic rings. The van der Waals surface area contributed by atoms with Crippen LogP contribution >= 0.6 is 0 Å². The van der Waals surface area contributed by atoms with Crippen molar-refractivity contribution in [3.8, 4) is 0 Å². The number of hydrogen-bond acceptors (Lipinski definition) is 2. The largest absolute Gasteiger partial charge is 0.406 e. The number of nitrogens with two attached hydrogens (primary N) is 2. The van der Waals surface area contributed by atoms with E-state index >= 15 is 0 Å². The molecule has 0 aliphatic heterocycles. The molecule has 5 heteroatoms. The van der Waals surface area contributed by atoms with E-state index < -0.39 is 8.32 Å². The van der Waals surface area contributed by atoms with E-state index in [0.717, 1.165) is 0 Å². The summed E-state index contributed by atoms with van der Waals surface area (Å²) in [4.78, 5) is 4.07. The fourth-order valence-corrected chi connectivity index (χ4v) is 7.69. The Labute approximate surface area is 145 Å². The van der Waals surface area contributed by atoms with Gasteiger partial charge in [0.05, 0.1) is 13.2 Å². The second-order valence-corrected chi connectivity index (χ2v) is 11.1. The Balaban J connectivity index is 2.51. The summed E-state index contributed by atoms with van der Waals surface area (Å²) in [5.41, 5.74) is 10.9. The van der Waals surface area contributed by atoms with E-state index in [1.165, 1.54) is 10.4 Å². The van der Waals surface area contributed by atoms with Gasteiger partial charge in [0.1, 0.15) is 0 Å². The third-order valence-electron chi connectivity index (χ3n) is 4.12. The summed E-state index contributed by atoms with van der Waals surface area (Å²) in [5, 5.41) is 2.48. The zero-order valence-corrected chi connectivity index (χ0v) is 15.7. The van der Waals surface area contributed by atoms with Crippen LogP contribution in [0.5, 0.6) is 0 Å². The van der Waals surface area contributed by atoms with Crippen molar-refractivity contribution in [1.82, 2.24) is 0 Å². The van der Waals surface area contributed by atoms with Gasteiger partial charge in [-0.25, -0.2) is 0 Å². The highest BCUT2D eigenvalue weighted by Crippen LogP contribution is 2.36. The minimum absolute atomic E-state index is 0.0340. The van der Waals surface area contributed by atoms with E-state index in [4.69, 9.17) is 15.9 Å². The van der Waals surface area contributed by atoms with Crippen LogP contribution in [0.15, 0.2) is 65.7 Å². The maximum Gasteiger partial charge on any atom is 0.261 e. The van der Waals surface area contributed by atoms with E-state index in [1.807, 2.05) is 12.1 Å². The summed E-state index contributed by atoms with van der Waals surface area (Å²) in [6.45, 7) is 7.71. The molecule has 0 saturated heterocycles. The topological polar surface area (TPSA) is 73.6 Å². The number of hydrogen-bond donors (Lipinski definition) is 2. The van der Waals surface area contributed by atoms with Crippen LogP contribution in [0.4, 0.5) is 0 Å². The summed E-state index contributed by atoms with van der Waals surface area (Å²) >= 11 is 0. The van der Waals surface area contributed by atoms with Crippen LogP contribution in [0.25, 0.3) is 0 Å². The van der Waals surface area contributed by atoms with E-state index in [2.05, 4.69) is 74.3 Å². The molecule has 128 valence electrons. The van der Waals surface area contributed by atoms with Gasteiger partial charge in [0.25, 0.3) is 8.32 Å². The van der Waals surface area contributed by atoms with Crippen molar-refractivity contribution in [2.45, 2.75) is 25.8 Å². The summed E-state index contributed by atoms with van der Waals surface area (Å²) in [5.74, 6) is 0.0982. The third kappa shape index (κ3) is 3.86. The molecule has 2 aromatic rings. The van der Waals surface area contributed by atoms with Crippen molar-refractivity contribution in [2.24, 2.45) is 16.5 Å². The van der Waals surface area contributed by atoms with Crippen molar-refractivity contribution < 1.29 is 4.43 Å². The molecule has 2 rings (SSSR count). The van der Waals surface area contributed by atoms with Crippen LogP contribution in [0.2, 0.25) is 5.04 Å². The van der Waals surface area contributed by atoms with Crippen molar-refractivity contribution in [2.75, 3.05) is 13.2 Å². The highest BCUT2D eigenvalue weighted by Gasteiger charge is 2.49. The number of nitrogens with zero attached hydrogens (tertiary/aromatic N) is 1. The summed E-state index contributed by atoms with van der Waals surface area (Å²) in [6, 6.07) is 21.1. The van der Waals surface area contributed by atoms with Gasteiger partial charge in [-0.1, -0.05) is 81.4 Å². The van der Waals surface area contributed by atoms with Gasteiger partial charge in [0.2, 0.25) is 0 Å². The molecule has 0 radical (unpaired) electrons. The Morgan fingerprint density at radius 2 is 1.38 bits per heavy atom. The molecule has 4 nitrogen and oxygen atoms in total. The van der Waals surface area contributed by atoms with Crippen LogP contribution in [0.3, 0.4) is 0 Å². The number of rotatable bonds is 6. The normalized spacial score (nSPS) is 12.0. The lowest BCUT2D eigenvalue weighted by Crippen LogP contribution is -2.66. The van der Waals surface area contributed by atoms with Crippen LogP contribution in [-0.2, 0) is 4.43 Å². The Morgan fingerprint density at radius 3 is 1.75 bits per heavy atom. The smallest absolute Gasteiger partial charge is 0.261 e. The van der Waals surface area contributed by atoms with E-state index in [0.29, 0.717) is 13.2 Å². The first kappa shape index (κ1) is 18.2. The Kier molecular flexibility index (Phi) is 5.80. The van der Waals surface area contributed by atoms with Gasteiger partial charge in [0.15, 0.2) is 5.96 Å². The van der Waals surface area contributed by atoms with E-state index in [1.54, 1.807) is 0 Å². The monoisotopic (exact) mass is 341 g/mol. The van der Waals surface area contributed by atoms with Gasteiger partial charge in [0, 0.05) is 0 Å². The second kappa shape index (κ2) is 7.64. The summed E-state index contributed by atoms with van der Waals surface area (Å²) in [7, 11) is -2.47. The van der Waals surface area contributed by atoms with Gasteiger partial charge in [-0.05, 0) is 15.4 Å².